The predicted molar refractivity (Wildman–Crippen MR) is 91.0 cm³/mol. The van der Waals surface area contributed by atoms with Crippen molar-refractivity contribution in [3.8, 4) is 5.75 Å². The SMILES string of the molecule is COc1ccccc1CN(Cc1nnsc1Cl)CC1CCCO1. The Balaban J connectivity index is 1.74. The highest BCUT2D eigenvalue weighted by molar-refractivity contribution is 7.10. The van der Waals surface area contributed by atoms with Crippen molar-refractivity contribution >= 4 is 23.1 Å². The second kappa shape index (κ2) is 8.06. The summed E-state index contributed by atoms with van der Waals surface area (Å²) in [6.07, 6.45) is 2.51. The number of hydrogen-bond acceptors (Lipinski definition) is 6. The van der Waals surface area contributed by atoms with Gasteiger partial charge in [-0.2, -0.15) is 0 Å². The molecule has 1 atom stereocenters. The fraction of sp³-hybridized carbons (Fsp3) is 0.500. The largest absolute Gasteiger partial charge is 0.496 e. The fourth-order valence-corrected chi connectivity index (χ4v) is 3.45. The van der Waals surface area contributed by atoms with Crippen molar-refractivity contribution in [3.05, 3.63) is 39.9 Å². The third kappa shape index (κ3) is 4.41. The van der Waals surface area contributed by atoms with E-state index in [9.17, 15) is 0 Å². The Morgan fingerprint density at radius 3 is 2.96 bits per heavy atom. The summed E-state index contributed by atoms with van der Waals surface area (Å²) in [7, 11) is 1.70. The molecule has 1 fully saturated rings. The van der Waals surface area contributed by atoms with E-state index in [0.717, 1.165) is 49.5 Å². The molecule has 1 saturated heterocycles. The lowest BCUT2D eigenvalue weighted by molar-refractivity contribution is 0.0672. The molecular formula is C16H20ClN3O2S. The van der Waals surface area contributed by atoms with Crippen LogP contribution in [0.2, 0.25) is 4.34 Å². The van der Waals surface area contributed by atoms with Crippen molar-refractivity contribution in [2.75, 3.05) is 20.3 Å². The molecule has 2 aromatic rings. The van der Waals surface area contributed by atoms with Crippen molar-refractivity contribution in [2.24, 2.45) is 0 Å². The molecule has 0 amide bonds. The molecule has 5 nitrogen and oxygen atoms in total. The van der Waals surface area contributed by atoms with E-state index < -0.39 is 0 Å². The Labute approximate surface area is 145 Å². The van der Waals surface area contributed by atoms with Crippen LogP contribution in [0.4, 0.5) is 0 Å². The lowest BCUT2D eigenvalue weighted by Gasteiger charge is -2.25. The Kier molecular flexibility index (Phi) is 5.83. The minimum Gasteiger partial charge on any atom is -0.496 e. The van der Waals surface area contributed by atoms with E-state index in [1.54, 1.807) is 7.11 Å². The topological polar surface area (TPSA) is 47.5 Å². The van der Waals surface area contributed by atoms with Crippen LogP contribution in [-0.4, -0.2) is 40.9 Å². The van der Waals surface area contributed by atoms with Gasteiger partial charge in [-0.1, -0.05) is 34.3 Å². The molecule has 1 aromatic heterocycles. The summed E-state index contributed by atoms with van der Waals surface area (Å²) in [5.41, 5.74) is 1.97. The second-order valence-corrected chi connectivity index (χ2v) is 6.97. The van der Waals surface area contributed by atoms with E-state index in [4.69, 9.17) is 21.1 Å². The van der Waals surface area contributed by atoms with Crippen LogP contribution in [0.3, 0.4) is 0 Å². The molecule has 7 heteroatoms. The number of nitrogens with zero attached hydrogens (tertiary/aromatic N) is 3. The summed E-state index contributed by atoms with van der Waals surface area (Å²) in [5, 5.41) is 4.14. The van der Waals surface area contributed by atoms with E-state index in [2.05, 4.69) is 20.6 Å². The van der Waals surface area contributed by atoms with E-state index in [0.29, 0.717) is 10.9 Å². The molecule has 1 aliphatic rings. The highest BCUT2D eigenvalue weighted by atomic mass is 35.5. The summed E-state index contributed by atoms with van der Waals surface area (Å²) < 4.78 is 15.8. The van der Waals surface area contributed by atoms with Crippen LogP contribution in [0.15, 0.2) is 24.3 Å². The van der Waals surface area contributed by atoms with Gasteiger partial charge in [0.05, 0.1) is 13.2 Å². The standard InChI is InChI=1S/C16H20ClN3O2S/c1-21-15-7-3-2-5-12(15)9-20(10-13-6-4-8-22-13)11-14-16(17)23-19-18-14/h2-3,5,7,13H,4,6,8-11H2,1H3. The first-order chi connectivity index (χ1) is 11.3. The van der Waals surface area contributed by atoms with Gasteiger partial charge in [-0.3, -0.25) is 4.90 Å². The molecule has 0 aliphatic carbocycles. The Bertz CT molecular complexity index is 631. The Hall–Kier alpha value is -1.21. The van der Waals surface area contributed by atoms with Gasteiger partial charge in [-0.15, -0.1) is 5.10 Å². The monoisotopic (exact) mass is 353 g/mol. The summed E-state index contributed by atoms with van der Waals surface area (Å²) in [6.45, 7) is 3.13. The van der Waals surface area contributed by atoms with Gasteiger partial charge >= 0.3 is 0 Å². The van der Waals surface area contributed by atoms with Crippen molar-refractivity contribution < 1.29 is 9.47 Å². The molecule has 1 unspecified atom stereocenters. The van der Waals surface area contributed by atoms with Gasteiger partial charge in [0.1, 0.15) is 15.8 Å². The molecule has 3 rings (SSSR count). The predicted octanol–water partition coefficient (Wildman–Crippen LogP) is 3.38. The molecule has 0 saturated carbocycles. The van der Waals surface area contributed by atoms with Gasteiger partial charge < -0.3 is 9.47 Å². The first-order valence-corrected chi connectivity index (χ1v) is 8.84. The number of ether oxygens (including phenoxy) is 2. The molecule has 2 heterocycles. The van der Waals surface area contributed by atoms with Crippen molar-refractivity contribution in [1.82, 2.24) is 14.5 Å². The smallest absolute Gasteiger partial charge is 0.138 e. The summed E-state index contributed by atoms with van der Waals surface area (Å²) in [5.74, 6) is 0.896. The lowest BCUT2D eigenvalue weighted by atomic mass is 10.1. The quantitative estimate of drug-likeness (QED) is 0.763. The highest BCUT2D eigenvalue weighted by Crippen LogP contribution is 2.24. The van der Waals surface area contributed by atoms with Gasteiger partial charge in [-0.25, -0.2) is 0 Å². The van der Waals surface area contributed by atoms with E-state index in [1.807, 2.05) is 18.2 Å². The maximum Gasteiger partial charge on any atom is 0.138 e. The zero-order valence-corrected chi connectivity index (χ0v) is 14.6. The minimum atomic E-state index is 0.273. The molecule has 0 N–H and O–H groups in total. The third-order valence-corrected chi connectivity index (χ3v) is 4.94. The van der Waals surface area contributed by atoms with E-state index in [-0.39, 0.29) is 6.10 Å². The molecule has 0 bridgehead atoms. The van der Waals surface area contributed by atoms with Crippen molar-refractivity contribution in [2.45, 2.75) is 32.0 Å². The van der Waals surface area contributed by atoms with Crippen molar-refractivity contribution in [3.63, 3.8) is 0 Å². The first kappa shape index (κ1) is 16.6. The van der Waals surface area contributed by atoms with Gasteiger partial charge in [0.25, 0.3) is 0 Å². The lowest BCUT2D eigenvalue weighted by Crippen LogP contribution is -2.31. The summed E-state index contributed by atoms with van der Waals surface area (Å²) in [4.78, 5) is 2.30. The van der Waals surface area contributed by atoms with Crippen molar-refractivity contribution in [1.29, 1.82) is 0 Å². The molecule has 1 aromatic carbocycles. The number of aromatic nitrogens is 2. The van der Waals surface area contributed by atoms with Crippen LogP contribution in [0.25, 0.3) is 0 Å². The number of rotatable bonds is 7. The van der Waals surface area contributed by atoms with Crippen LogP contribution < -0.4 is 4.74 Å². The van der Waals surface area contributed by atoms with Gasteiger partial charge in [-0.05, 0) is 18.9 Å². The third-order valence-electron chi connectivity index (χ3n) is 3.96. The minimum absolute atomic E-state index is 0.273. The average molecular weight is 354 g/mol. The fourth-order valence-electron chi connectivity index (χ4n) is 2.84. The van der Waals surface area contributed by atoms with Crippen LogP contribution in [-0.2, 0) is 17.8 Å². The first-order valence-electron chi connectivity index (χ1n) is 7.69. The molecule has 1 aliphatic heterocycles. The Morgan fingerprint density at radius 2 is 2.26 bits per heavy atom. The zero-order chi connectivity index (χ0) is 16.1. The number of para-hydroxylation sites is 1. The van der Waals surface area contributed by atoms with E-state index in [1.165, 1.54) is 11.5 Å². The Morgan fingerprint density at radius 1 is 1.39 bits per heavy atom. The van der Waals surface area contributed by atoms with Gasteiger partial charge in [0, 0.05) is 43.3 Å². The van der Waals surface area contributed by atoms with Gasteiger partial charge in [0.2, 0.25) is 0 Å². The summed E-state index contributed by atoms with van der Waals surface area (Å²) >= 11 is 7.40. The molecule has 0 spiro atoms. The highest BCUT2D eigenvalue weighted by Gasteiger charge is 2.22. The maximum atomic E-state index is 6.17. The molecule has 124 valence electrons. The zero-order valence-electron chi connectivity index (χ0n) is 13.1. The number of benzene rings is 1. The number of hydrogen-bond donors (Lipinski definition) is 0. The normalized spacial score (nSPS) is 17.8. The van der Waals surface area contributed by atoms with Crippen LogP contribution in [0, 0.1) is 0 Å². The maximum absolute atomic E-state index is 6.17. The van der Waals surface area contributed by atoms with E-state index >= 15 is 0 Å². The van der Waals surface area contributed by atoms with Crippen LogP contribution >= 0.6 is 23.1 Å². The van der Waals surface area contributed by atoms with Crippen LogP contribution in [0.5, 0.6) is 5.75 Å². The molecule has 0 radical (unpaired) electrons. The van der Waals surface area contributed by atoms with Crippen LogP contribution in [0.1, 0.15) is 24.1 Å². The van der Waals surface area contributed by atoms with Gasteiger partial charge in [0.15, 0.2) is 0 Å². The molecular weight excluding hydrogens is 334 g/mol. The average Bonchev–Trinajstić information content (AvgIpc) is 3.20. The summed E-state index contributed by atoms with van der Waals surface area (Å²) in [6, 6.07) is 8.08. The second-order valence-electron chi connectivity index (χ2n) is 5.61. The molecule has 23 heavy (non-hydrogen) atoms. The number of methoxy groups -OCH3 is 1. The number of halogens is 1.